The predicted octanol–water partition coefficient (Wildman–Crippen LogP) is 4.83. The van der Waals surface area contributed by atoms with Crippen LogP contribution in [0.25, 0.3) is 12.2 Å². The molecule has 3 aromatic carbocycles. The minimum Gasteiger partial charge on any atom is -0.508 e. The third-order valence-corrected chi connectivity index (χ3v) is 4.35. The molecule has 1 unspecified atom stereocenters. The molecule has 132 valence electrons. The largest absolute Gasteiger partial charge is 0.508 e. The number of rotatable bonds is 4. The first-order valence-corrected chi connectivity index (χ1v) is 8.26. The van der Waals surface area contributed by atoms with E-state index in [0.717, 1.165) is 11.1 Å². The number of phenolic OH excluding ortho intramolecular Hbond substituents is 4. The molecule has 0 saturated heterocycles. The van der Waals surface area contributed by atoms with E-state index in [1.165, 1.54) is 0 Å². The Labute approximate surface area is 151 Å². The molecule has 0 radical (unpaired) electrons. The highest BCUT2D eigenvalue weighted by molar-refractivity contribution is 5.72. The molecule has 0 aliphatic rings. The summed E-state index contributed by atoms with van der Waals surface area (Å²) < 4.78 is 0. The highest BCUT2D eigenvalue weighted by Gasteiger charge is 2.18. The maximum absolute atomic E-state index is 10.4. The molecular weight excluding hydrogens is 328 g/mol. The highest BCUT2D eigenvalue weighted by atomic mass is 16.3. The lowest BCUT2D eigenvalue weighted by atomic mass is 9.90. The van der Waals surface area contributed by atoms with Crippen molar-refractivity contribution >= 4 is 12.2 Å². The topological polar surface area (TPSA) is 80.9 Å². The van der Waals surface area contributed by atoms with E-state index in [-0.39, 0.29) is 28.9 Å². The molecule has 0 aliphatic heterocycles. The smallest absolute Gasteiger partial charge is 0.123 e. The summed E-state index contributed by atoms with van der Waals surface area (Å²) >= 11 is 0. The quantitative estimate of drug-likeness (QED) is 0.509. The third-order valence-electron chi connectivity index (χ3n) is 4.35. The van der Waals surface area contributed by atoms with Gasteiger partial charge in [-0.25, -0.2) is 0 Å². The lowest BCUT2D eigenvalue weighted by Gasteiger charge is -2.16. The van der Waals surface area contributed by atoms with Crippen molar-refractivity contribution in [3.63, 3.8) is 0 Å². The molecule has 0 aliphatic carbocycles. The second-order valence-corrected chi connectivity index (χ2v) is 6.21. The Morgan fingerprint density at radius 1 is 0.654 bits per heavy atom. The van der Waals surface area contributed by atoms with Gasteiger partial charge in [0.1, 0.15) is 23.0 Å². The minimum absolute atomic E-state index is 0.0101. The Balaban J connectivity index is 1.88. The fraction of sp³-hybridized carbons (Fsp3) is 0.0909. The van der Waals surface area contributed by atoms with Gasteiger partial charge in [-0.3, -0.25) is 0 Å². The zero-order chi connectivity index (χ0) is 18.7. The summed E-state index contributed by atoms with van der Waals surface area (Å²) in [6.07, 6.45) is 3.61. The van der Waals surface area contributed by atoms with Crippen molar-refractivity contribution in [2.75, 3.05) is 0 Å². The van der Waals surface area contributed by atoms with E-state index in [2.05, 4.69) is 0 Å². The molecule has 0 bridgehead atoms. The van der Waals surface area contributed by atoms with Crippen LogP contribution in [0.3, 0.4) is 0 Å². The van der Waals surface area contributed by atoms with Crippen molar-refractivity contribution in [3.05, 3.63) is 82.9 Å². The van der Waals surface area contributed by atoms with Crippen LogP contribution in [-0.4, -0.2) is 20.4 Å². The van der Waals surface area contributed by atoms with Gasteiger partial charge in [0.15, 0.2) is 0 Å². The molecule has 4 heteroatoms. The maximum Gasteiger partial charge on any atom is 0.123 e. The van der Waals surface area contributed by atoms with E-state index in [1.807, 2.05) is 13.0 Å². The van der Waals surface area contributed by atoms with Gasteiger partial charge in [0.05, 0.1) is 0 Å². The second-order valence-electron chi connectivity index (χ2n) is 6.21. The monoisotopic (exact) mass is 348 g/mol. The summed E-state index contributed by atoms with van der Waals surface area (Å²) in [5.74, 6) is 0.159. The van der Waals surface area contributed by atoms with Crippen molar-refractivity contribution in [2.45, 2.75) is 12.8 Å². The van der Waals surface area contributed by atoms with Gasteiger partial charge >= 0.3 is 0 Å². The molecule has 4 N–H and O–H groups in total. The average Bonchev–Trinajstić information content (AvgIpc) is 2.61. The summed E-state index contributed by atoms with van der Waals surface area (Å²) in [6, 6.07) is 16.6. The van der Waals surface area contributed by atoms with Gasteiger partial charge in [0.2, 0.25) is 0 Å². The molecule has 0 spiro atoms. The minimum atomic E-state index is -0.231. The Kier molecular flexibility index (Phi) is 4.85. The summed E-state index contributed by atoms with van der Waals surface area (Å²) in [6.45, 7) is 1.88. The standard InChI is InChI=1S/C22H20O4/c1-14(17-6-10-19(24)11-7-17)22-20(25)12-16(13-21(22)26)3-2-15-4-8-18(23)9-5-15/h2-14,23-26H,1H3/b3-2+. The van der Waals surface area contributed by atoms with Crippen molar-refractivity contribution < 1.29 is 20.4 Å². The van der Waals surface area contributed by atoms with Crippen molar-refractivity contribution in [2.24, 2.45) is 0 Å². The molecule has 0 heterocycles. The molecule has 26 heavy (non-hydrogen) atoms. The fourth-order valence-corrected chi connectivity index (χ4v) is 2.89. The molecule has 0 amide bonds. The van der Waals surface area contributed by atoms with Gasteiger partial charge in [-0.1, -0.05) is 43.3 Å². The lowest BCUT2D eigenvalue weighted by molar-refractivity contribution is 0.435. The van der Waals surface area contributed by atoms with Gasteiger partial charge in [0.25, 0.3) is 0 Å². The van der Waals surface area contributed by atoms with E-state index in [4.69, 9.17) is 0 Å². The van der Waals surface area contributed by atoms with Gasteiger partial charge < -0.3 is 20.4 Å². The first-order valence-electron chi connectivity index (χ1n) is 8.26. The van der Waals surface area contributed by atoms with Crippen molar-refractivity contribution in [1.29, 1.82) is 0 Å². The predicted molar refractivity (Wildman–Crippen MR) is 102 cm³/mol. The first kappa shape index (κ1) is 17.4. The van der Waals surface area contributed by atoms with Crippen LogP contribution >= 0.6 is 0 Å². The molecule has 4 nitrogen and oxygen atoms in total. The van der Waals surface area contributed by atoms with Crippen molar-refractivity contribution in [3.8, 4) is 23.0 Å². The number of aromatic hydroxyl groups is 4. The molecule has 1 atom stereocenters. The Bertz CT molecular complexity index is 902. The third kappa shape index (κ3) is 3.81. The summed E-state index contributed by atoms with van der Waals surface area (Å²) in [5, 5.41) is 39.5. The van der Waals surface area contributed by atoms with Gasteiger partial charge in [-0.05, 0) is 53.1 Å². The van der Waals surface area contributed by atoms with Crippen LogP contribution in [0.2, 0.25) is 0 Å². The molecule has 3 aromatic rings. The van der Waals surface area contributed by atoms with E-state index < -0.39 is 0 Å². The molecule has 0 aromatic heterocycles. The van der Waals surface area contributed by atoms with Crippen LogP contribution < -0.4 is 0 Å². The van der Waals surface area contributed by atoms with E-state index in [1.54, 1.807) is 66.7 Å². The van der Waals surface area contributed by atoms with E-state index in [0.29, 0.717) is 11.1 Å². The van der Waals surface area contributed by atoms with Gasteiger partial charge in [0, 0.05) is 11.5 Å². The molecule has 3 rings (SSSR count). The highest BCUT2D eigenvalue weighted by Crippen LogP contribution is 2.39. The van der Waals surface area contributed by atoms with Crippen LogP contribution in [0.1, 0.15) is 35.1 Å². The van der Waals surface area contributed by atoms with E-state index in [9.17, 15) is 20.4 Å². The Morgan fingerprint density at radius 2 is 1.12 bits per heavy atom. The number of benzene rings is 3. The first-order chi connectivity index (χ1) is 12.4. The Morgan fingerprint density at radius 3 is 1.65 bits per heavy atom. The zero-order valence-corrected chi connectivity index (χ0v) is 14.3. The molecule has 0 saturated carbocycles. The normalized spacial score (nSPS) is 12.3. The number of hydrogen-bond acceptors (Lipinski definition) is 4. The van der Waals surface area contributed by atoms with Crippen molar-refractivity contribution in [1.82, 2.24) is 0 Å². The van der Waals surface area contributed by atoms with E-state index >= 15 is 0 Å². The second kappa shape index (κ2) is 7.23. The number of hydrogen-bond donors (Lipinski definition) is 4. The Hall–Kier alpha value is -3.40. The zero-order valence-electron chi connectivity index (χ0n) is 14.3. The van der Waals surface area contributed by atoms with Gasteiger partial charge in [-0.15, -0.1) is 0 Å². The van der Waals surface area contributed by atoms with Crippen LogP contribution in [0.4, 0.5) is 0 Å². The fourth-order valence-electron chi connectivity index (χ4n) is 2.89. The van der Waals surface area contributed by atoms with Crippen LogP contribution in [0.15, 0.2) is 60.7 Å². The summed E-state index contributed by atoms with van der Waals surface area (Å²) in [4.78, 5) is 0. The summed E-state index contributed by atoms with van der Waals surface area (Å²) in [7, 11) is 0. The van der Waals surface area contributed by atoms with Crippen LogP contribution in [0.5, 0.6) is 23.0 Å². The van der Waals surface area contributed by atoms with Crippen LogP contribution in [0, 0.1) is 0 Å². The maximum atomic E-state index is 10.4. The molecular formula is C22H20O4. The SMILES string of the molecule is CC(c1ccc(O)cc1)c1c(O)cc(/C=C/c2ccc(O)cc2)cc1O. The van der Waals surface area contributed by atoms with Gasteiger partial charge in [-0.2, -0.15) is 0 Å². The number of phenols is 4. The average molecular weight is 348 g/mol. The van der Waals surface area contributed by atoms with Crippen LogP contribution in [-0.2, 0) is 0 Å². The molecule has 0 fully saturated rings. The lowest BCUT2D eigenvalue weighted by Crippen LogP contribution is -1.97. The summed E-state index contributed by atoms with van der Waals surface area (Å²) in [5.41, 5.74) is 2.87.